The maximum absolute atomic E-state index is 6.36. The summed E-state index contributed by atoms with van der Waals surface area (Å²) < 4.78 is 18.0. The highest BCUT2D eigenvalue weighted by atomic mass is 16.5. The van der Waals surface area contributed by atoms with E-state index in [1.54, 1.807) is 7.11 Å². The number of benzene rings is 2. The first-order valence-corrected chi connectivity index (χ1v) is 13.5. The molecule has 1 heterocycles. The van der Waals surface area contributed by atoms with E-state index in [2.05, 4.69) is 54.7 Å². The molecule has 0 bridgehead atoms. The first-order chi connectivity index (χ1) is 16.7. The highest BCUT2D eigenvalue weighted by molar-refractivity contribution is 5.44. The van der Waals surface area contributed by atoms with Crippen molar-refractivity contribution in [1.29, 1.82) is 0 Å². The molecule has 186 valence electrons. The van der Waals surface area contributed by atoms with Gasteiger partial charge in [0.25, 0.3) is 0 Å². The molecule has 0 amide bonds. The molecule has 1 aliphatic carbocycles. The van der Waals surface area contributed by atoms with Gasteiger partial charge in [0.15, 0.2) is 11.5 Å². The lowest BCUT2D eigenvalue weighted by atomic mass is 9.82. The molecule has 34 heavy (non-hydrogen) atoms. The average Bonchev–Trinajstić information content (AvgIpc) is 3.37. The standard InChI is InChI=1S/C30H43NO3/c1-3-4-5-8-16-33-28-13-9-10-23(19-28)17-24-18-26(22-31-21-24)25-14-15-29(32-2)30(20-25)34-27-11-6-7-12-27/h9-10,13-15,19-20,24,26-27,31H,3-8,11-12,16-18,21-22H2,1-2H3/t24-,26-/m1/s1. The molecule has 1 saturated carbocycles. The third kappa shape index (κ3) is 7.15. The Morgan fingerprint density at radius 3 is 2.65 bits per heavy atom. The van der Waals surface area contributed by atoms with Crippen LogP contribution in [0.2, 0.25) is 0 Å². The molecule has 4 rings (SSSR count). The van der Waals surface area contributed by atoms with E-state index in [-0.39, 0.29) is 0 Å². The largest absolute Gasteiger partial charge is 0.494 e. The van der Waals surface area contributed by atoms with E-state index >= 15 is 0 Å². The molecule has 4 nitrogen and oxygen atoms in total. The summed E-state index contributed by atoms with van der Waals surface area (Å²) in [6, 6.07) is 15.3. The number of nitrogens with one attached hydrogen (secondary N) is 1. The third-order valence-corrected chi connectivity index (χ3v) is 7.39. The molecule has 2 atom stereocenters. The van der Waals surface area contributed by atoms with Crippen molar-refractivity contribution in [2.75, 3.05) is 26.8 Å². The lowest BCUT2D eigenvalue weighted by molar-refractivity contribution is 0.200. The molecule has 1 aliphatic heterocycles. The Labute approximate surface area is 206 Å². The van der Waals surface area contributed by atoms with E-state index in [1.807, 2.05) is 0 Å². The lowest BCUT2D eigenvalue weighted by Crippen LogP contribution is -2.36. The fraction of sp³-hybridized carbons (Fsp3) is 0.600. The van der Waals surface area contributed by atoms with Gasteiger partial charge in [-0.1, -0.05) is 44.4 Å². The number of hydrogen-bond donors (Lipinski definition) is 1. The van der Waals surface area contributed by atoms with Gasteiger partial charge in [-0.05, 0) is 98.7 Å². The first kappa shape index (κ1) is 24.9. The van der Waals surface area contributed by atoms with Gasteiger partial charge in [0.2, 0.25) is 0 Å². The molecule has 2 aliphatic rings. The van der Waals surface area contributed by atoms with Crippen LogP contribution in [-0.4, -0.2) is 32.9 Å². The molecule has 0 aromatic heterocycles. The minimum atomic E-state index is 0.336. The summed E-state index contributed by atoms with van der Waals surface area (Å²) in [5.41, 5.74) is 2.73. The molecule has 2 aromatic carbocycles. The maximum atomic E-state index is 6.36. The molecule has 1 saturated heterocycles. The Bertz CT molecular complexity index is 877. The van der Waals surface area contributed by atoms with E-state index in [0.29, 0.717) is 17.9 Å². The van der Waals surface area contributed by atoms with E-state index in [1.165, 1.54) is 49.7 Å². The number of rotatable bonds is 12. The molecule has 0 radical (unpaired) electrons. The monoisotopic (exact) mass is 465 g/mol. The topological polar surface area (TPSA) is 39.7 Å². The summed E-state index contributed by atoms with van der Waals surface area (Å²) in [7, 11) is 1.73. The second kappa shape index (κ2) is 13.0. The Hall–Kier alpha value is -2.20. The molecule has 0 spiro atoms. The van der Waals surface area contributed by atoms with Crippen molar-refractivity contribution in [1.82, 2.24) is 5.32 Å². The van der Waals surface area contributed by atoms with Crippen LogP contribution in [0.5, 0.6) is 17.2 Å². The molecular formula is C30H43NO3. The summed E-state index contributed by atoms with van der Waals surface area (Å²) in [5, 5.41) is 3.69. The quantitative estimate of drug-likeness (QED) is 0.346. The Kier molecular flexibility index (Phi) is 9.55. The summed E-state index contributed by atoms with van der Waals surface area (Å²) in [5.74, 6) is 3.88. The van der Waals surface area contributed by atoms with Crippen molar-refractivity contribution in [3.63, 3.8) is 0 Å². The number of hydrogen-bond acceptors (Lipinski definition) is 4. The average molecular weight is 466 g/mol. The van der Waals surface area contributed by atoms with Crippen molar-refractivity contribution in [3.05, 3.63) is 53.6 Å². The number of piperidine rings is 1. The van der Waals surface area contributed by atoms with Gasteiger partial charge in [-0.3, -0.25) is 0 Å². The van der Waals surface area contributed by atoms with Gasteiger partial charge in [-0.25, -0.2) is 0 Å². The smallest absolute Gasteiger partial charge is 0.161 e. The molecule has 4 heteroatoms. The highest BCUT2D eigenvalue weighted by Gasteiger charge is 2.25. The fourth-order valence-electron chi connectivity index (χ4n) is 5.48. The van der Waals surface area contributed by atoms with Crippen molar-refractivity contribution in [2.24, 2.45) is 5.92 Å². The Morgan fingerprint density at radius 1 is 0.941 bits per heavy atom. The van der Waals surface area contributed by atoms with Crippen LogP contribution in [0.15, 0.2) is 42.5 Å². The van der Waals surface area contributed by atoms with E-state index in [4.69, 9.17) is 14.2 Å². The molecule has 1 N–H and O–H groups in total. The van der Waals surface area contributed by atoms with Crippen molar-refractivity contribution < 1.29 is 14.2 Å². The summed E-state index contributed by atoms with van der Waals surface area (Å²) >= 11 is 0. The fourth-order valence-corrected chi connectivity index (χ4v) is 5.48. The van der Waals surface area contributed by atoms with Gasteiger partial charge < -0.3 is 19.5 Å². The highest BCUT2D eigenvalue weighted by Crippen LogP contribution is 2.37. The van der Waals surface area contributed by atoms with Gasteiger partial charge >= 0.3 is 0 Å². The molecular weight excluding hydrogens is 422 g/mol. The van der Waals surface area contributed by atoms with Crippen LogP contribution in [0.1, 0.15) is 81.8 Å². The first-order valence-electron chi connectivity index (χ1n) is 13.5. The van der Waals surface area contributed by atoms with E-state index in [9.17, 15) is 0 Å². The van der Waals surface area contributed by atoms with Crippen LogP contribution in [0.25, 0.3) is 0 Å². The van der Waals surface area contributed by atoms with E-state index in [0.717, 1.165) is 62.6 Å². The SMILES string of the molecule is CCCCCCOc1cccc(C[C@H]2CNC[C@H](c3ccc(OC)c(OC4CCCC4)c3)C2)c1. The number of ether oxygens (including phenoxy) is 3. The van der Waals surface area contributed by atoms with Crippen LogP contribution >= 0.6 is 0 Å². The number of methoxy groups -OCH3 is 1. The molecule has 2 fully saturated rings. The predicted octanol–water partition coefficient (Wildman–Crippen LogP) is 6.91. The van der Waals surface area contributed by atoms with Gasteiger partial charge in [-0.2, -0.15) is 0 Å². The number of unbranched alkanes of at least 4 members (excludes halogenated alkanes) is 3. The van der Waals surface area contributed by atoms with Crippen LogP contribution in [0.4, 0.5) is 0 Å². The summed E-state index contributed by atoms with van der Waals surface area (Å²) in [4.78, 5) is 0. The van der Waals surface area contributed by atoms with Gasteiger partial charge in [0, 0.05) is 6.54 Å². The van der Waals surface area contributed by atoms with E-state index < -0.39 is 0 Å². The van der Waals surface area contributed by atoms with Crippen molar-refractivity contribution in [2.45, 2.75) is 83.2 Å². The van der Waals surface area contributed by atoms with Gasteiger partial charge in [-0.15, -0.1) is 0 Å². The zero-order valence-electron chi connectivity index (χ0n) is 21.2. The normalized spacial score (nSPS) is 20.9. The molecule has 0 unspecified atom stereocenters. The van der Waals surface area contributed by atoms with Gasteiger partial charge in [0.05, 0.1) is 19.8 Å². The molecule has 2 aromatic rings. The van der Waals surface area contributed by atoms with Gasteiger partial charge in [0.1, 0.15) is 5.75 Å². The van der Waals surface area contributed by atoms with Crippen LogP contribution in [0.3, 0.4) is 0 Å². The van der Waals surface area contributed by atoms with Crippen molar-refractivity contribution >= 4 is 0 Å². The third-order valence-electron chi connectivity index (χ3n) is 7.39. The van der Waals surface area contributed by atoms with Crippen LogP contribution < -0.4 is 19.5 Å². The predicted molar refractivity (Wildman–Crippen MR) is 139 cm³/mol. The Balaban J connectivity index is 1.35. The minimum absolute atomic E-state index is 0.336. The lowest BCUT2D eigenvalue weighted by Gasteiger charge is -2.31. The summed E-state index contributed by atoms with van der Waals surface area (Å²) in [6.07, 6.45) is 12.4. The minimum Gasteiger partial charge on any atom is -0.494 e. The zero-order valence-corrected chi connectivity index (χ0v) is 21.2. The Morgan fingerprint density at radius 2 is 1.82 bits per heavy atom. The van der Waals surface area contributed by atoms with Crippen LogP contribution in [0, 0.1) is 5.92 Å². The second-order valence-corrected chi connectivity index (χ2v) is 10.2. The maximum Gasteiger partial charge on any atom is 0.161 e. The van der Waals surface area contributed by atoms with Crippen LogP contribution in [-0.2, 0) is 6.42 Å². The second-order valence-electron chi connectivity index (χ2n) is 10.2. The zero-order chi connectivity index (χ0) is 23.6. The summed E-state index contributed by atoms with van der Waals surface area (Å²) in [6.45, 7) is 5.15. The van der Waals surface area contributed by atoms with Crippen molar-refractivity contribution in [3.8, 4) is 17.2 Å².